The van der Waals surface area contributed by atoms with Gasteiger partial charge in [0, 0.05) is 30.4 Å². The summed E-state index contributed by atoms with van der Waals surface area (Å²) < 4.78 is 7.54. The third-order valence-corrected chi connectivity index (χ3v) is 5.29. The fourth-order valence-electron chi connectivity index (χ4n) is 3.52. The molecule has 3 heterocycles. The van der Waals surface area contributed by atoms with E-state index in [-0.39, 0.29) is 11.9 Å². The van der Waals surface area contributed by atoms with Gasteiger partial charge in [-0.15, -0.1) is 0 Å². The lowest BCUT2D eigenvalue weighted by atomic mass is 10.1. The topological polar surface area (TPSA) is 81.9 Å². The summed E-state index contributed by atoms with van der Waals surface area (Å²) in [5, 5.41) is 8.35. The Morgan fingerprint density at radius 2 is 1.94 bits per heavy atom. The largest absolute Gasteiger partial charge is 0.489 e. The first-order chi connectivity index (χ1) is 14.9. The van der Waals surface area contributed by atoms with E-state index in [4.69, 9.17) is 4.74 Å². The van der Waals surface area contributed by atoms with Crippen molar-refractivity contribution in [3.05, 3.63) is 82.9 Å². The van der Waals surface area contributed by atoms with Crippen LogP contribution in [0.1, 0.15) is 45.8 Å². The van der Waals surface area contributed by atoms with E-state index < -0.39 is 0 Å². The highest BCUT2D eigenvalue weighted by atomic mass is 16.5. The van der Waals surface area contributed by atoms with Crippen LogP contribution in [0, 0.1) is 13.8 Å². The number of amides is 1. The van der Waals surface area contributed by atoms with E-state index in [1.807, 2.05) is 70.3 Å². The van der Waals surface area contributed by atoms with Crippen LogP contribution in [0.4, 0.5) is 0 Å². The van der Waals surface area contributed by atoms with Crippen LogP contribution in [0.25, 0.3) is 11.0 Å². The lowest BCUT2D eigenvalue weighted by Gasteiger charge is -2.16. The minimum absolute atomic E-state index is 0.153. The van der Waals surface area contributed by atoms with E-state index in [2.05, 4.69) is 20.4 Å². The van der Waals surface area contributed by atoms with E-state index in [1.54, 1.807) is 17.1 Å². The summed E-state index contributed by atoms with van der Waals surface area (Å²) in [6.07, 6.45) is 3.52. The highest BCUT2D eigenvalue weighted by Crippen LogP contribution is 2.22. The number of benzene rings is 1. The van der Waals surface area contributed by atoms with Crippen LogP contribution in [0.2, 0.25) is 0 Å². The second-order valence-electron chi connectivity index (χ2n) is 7.62. The number of carbonyl (C=O) groups is 1. The molecule has 0 saturated carbocycles. The zero-order valence-corrected chi connectivity index (χ0v) is 18.1. The minimum atomic E-state index is -0.162. The number of hydrogen-bond donors (Lipinski definition) is 1. The van der Waals surface area contributed by atoms with Crippen molar-refractivity contribution < 1.29 is 9.53 Å². The SMILES string of the molecule is Cc1nc2c(cc1C(=O)NC(C)c1ccc(OCc3cccnc3)cc1)c(C)nn2C. The average molecular weight is 415 g/mol. The molecule has 0 bridgehead atoms. The van der Waals surface area contributed by atoms with Gasteiger partial charge in [-0.1, -0.05) is 18.2 Å². The Labute approximate surface area is 181 Å². The zero-order valence-electron chi connectivity index (χ0n) is 18.1. The van der Waals surface area contributed by atoms with Crippen LogP contribution >= 0.6 is 0 Å². The van der Waals surface area contributed by atoms with Gasteiger partial charge in [0.15, 0.2) is 5.65 Å². The molecule has 1 amide bonds. The van der Waals surface area contributed by atoms with E-state index >= 15 is 0 Å². The number of rotatable bonds is 6. The molecular formula is C24H25N5O2. The van der Waals surface area contributed by atoms with Gasteiger partial charge in [-0.05, 0) is 50.6 Å². The van der Waals surface area contributed by atoms with Crippen molar-refractivity contribution >= 4 is 16.9 Å². The monoisotopic (exact) mass is 415 g/mol. The number of aryl methyl sites for hydroxylation is 3. The smallest absolute Gasteiger partial charge is 0.253 e. The maximum Gasteiger partial charge on any atom is 0.253 e. The van der Waals surface area contributed by atoms with Gasteiger partial charge in [-0.2, -0.15) is 5.10 Å². The Morgan fingerprint density at radius 1 is 1.16 bits per heavy atom. The molecule has 0 aliphatic rings. The van der Waals surface area contributed by atoms with Gasteiger partial charge in [-0.3, -0.25) is 14.5 Å². The fraction of sp³-hybridized carbons (Fsp3) is 0.250. The van der Waals surface area contributed by atoms with E-state index in [1.165, 1.54) is 0 Å². The van der Waals surface area contributed by atoms with Crippen molar-refractivity contribution in [2.45, 2.75) is 33.4 Å². The normalized spacial score (nSPS) is 12.0. The molecule has 31 heavy (non-hydrogen) atoms. The number of carbonyl (C=O) groups excluding carboxylic acids is 1. The first-order valence-corrected chi connectivity index (χ1v) is 10.2. The van der Waals surface area contributed by atoms with Gasteiger partial charge >= 0.3 is 0 Å². The number of hydrogen-bond acceptors (Lipinski definition) is 5. The van der Waals surface area contributed by atoms with Crippen molar-refractivity contribution in [1.29, 1.82) is 0 Å². The van der Waals surface area contributed by atoms with Gasteiger partial charge in [0.25, 0.3) is 5.91 Å². The summed E-state index contributed by atoms with van der Waals surface area (Å²) in [5.74, 6) is 0.614. The van der Waals surface area contributed by atoms with Gasteiger partial charge in [0.1, 0.15) is 12.4 Å². The Hall–Kier alpha value is -3.74. The first-order valence-electron chi connectivity index (χ1n) is 10.2. The maximum absolute atomic E-state index is 12.9. The van der Waals surface area contributed by atoms with E-state index in [0.717, 1.165) is 33.6 Å². The molecule has 158 valence electrons. The molecule has 7 heteroatoms. The van der Waals surface area contributed by atoms with Gasteiger partial charge in [-0.25, -0.2) is 4.98 Å². The molecule has 4 aromatic rings. The quantitative estimate of drug-likeness (QED) is 0.514. The second-order valence-corrected chi connectivity index (χ2v) is 7.62. The van der Waals surface area contributed by atoms with Crippen LogP contribution in [0.3, 0.4) is 0 Å². The molecular weight excluding hydrogens is 390 g/mol. The lowest BCUT2D eigenvalue weighted by molar-refractivity contribution is 0.0939. The van der Waals surface area contributed by atoms with Crippen LogP contribution in [-0.4, -0.2) is 25.7 Å². The Balaban J connectivity index is 1.43. The third-order valence-electron chi connectivity index (χ3n) is 5.29. The number of nitrogens with one attached hydrogen (secondary N) is 1. The lowest BCUT2D eigenvalue weighted by Crippen LogP contribution is -2.27. The molecule has 0 aliphatic heterocycles. The average Bonchev–Trinajstić information content (AvgIpc) is 3.05. The third kappa shape index (κ3) is 4.40. The molecule has 0 aliphatic carbocycles. The maximum atomic E-state index is 12.9. The summed E-state index contributed by atoms with van der Waals surface area (Å²) in [5.41, 5.74) is 4.88. The van der Waals surface area contributed by atoms with Gasteiger partial charge < -0.3 is 10.1 Å². The summed E-state index contributed by atoms with van der Waals surface area (Å²) in [6, 6.07) is 13.3. The molecule has 7 nitrogen and oxygen atoms in total. The molecule has 4 rings (SSSR count). The summed E-state index contributed by atoms with van der Waals surface area (Å²) in [7, 11) is 1.85. The predicted octanol–water partition coefficient (Wildman–Crippen LogP) is 4.05. The summed E-state index contributed by atoms with van der Waals surface area (Å²) in [4.78, 5) is 21.6. The van der Waals surface area contributed by atoms with Crippen LogP contribution in [0.5, 0.6) is 5.75 Å². The molecule has 1 N–H and O–H groups in total. The molecule has 1 unspecified atom stereocenters. The van der Waals surface area contributed by atoms with Crippen LogP contribution < -0.4 is 10.1 Å². The van der Waals surface area contributed by atoms with E-state index in [0.29, 0.717) is 17.9 Å². The molecule has 0 fully saturated rings. The van der Waals surface area contributed by atoms with Crippen LogP contribution in [-0.2, 0) is 13.7 Å². The Bertz CT molecular complexity index is 1220. The fourth-order valence-corrected chi connectivity index (χ4v) is 3.52. The first kappa shape index (κ1) is 20.5. The molecule has 3 aromatic heterocycles. The van der Waals surface area contributed by atoms with Crippen molar-refractivity contribution in [1.82, 2.24) is 25.1 Å². The van der Waals surface area contributed by atoms with Crippen molar-refractivity contribution in [2.24, 2.45) is 7.05 Å². The van der Waals surface area contributed by atoms with Crippen molar-refractivity contribution in [2.75, 3.05) is 0 Å². The Morgan fingerprint density at radius 3 is 2.65 bits per heavy atom. The number of nitrogens with zero attached hydrogens (tertiary/aromatic N) is 4. The summed E-state index contributed by atoms with van der Waals surface area (Å²) >= 11 is 0. The molecule has 0 saturated heterocycles. The number of aromatic nitrogens is 4. The highest BCUT2D eigenvalue weighted by molar-refractivity contribution is 5.98. The van der Waals surface area contributed by atoms with Gasteiger partial charge in [0.2, 0.25) is 0 Å². The minimum Gasteiger partial charge on any atom is -0.489 e. The molecule has 1 aromatic carbocycles. The predicted molar refractivity (Wildman–Crippen MR) is 119 cm³/mol. The standard InChI is InChI=1S/C24H25N5O2/c1-15(19-7-9-20(10-8-19)31-14-18-6-5-11-25-13-18)27-24(30)22-12-21-17(3)28-29(4)23(21)26-16(22)2/h5-13,15H,14H2,1-4H3,(H,27,30). The van der Waals surface area contributed by atoms with Crippen LogP contribution in [0.15, 0.2) is 54.9 Å². The second kappa shape index (κ2) is 8.55. The van der Waals surface area contributed by atoms with Crippen molar-refractivity contribution in [3.63, 3.8) is 0 Å². The molecule has 0 radical (unpaired) electrons. The number of fused-ring (bicyclic) bond motifs is 1. The van der Waals surface area contributed by atoms with Gasteiger partial charge in [0.05, 0.1) is 23.0 Å². The highest BCUT2D eigenvalue weighted by Gasteiger charge is 2.17. The molecule has 0 spiro atoms. The zero-order chi connectivity index (χ0) is 22.0. The Kier molecular flexibility index (Phi) is 5.66. The number of pyridine rings is 2. The van der Waals surface area contributed by atoms with E-state index in [9.17, 15) is 4.79 Å². The number of ether oxygens (including phenoxy) is 1. The summed E-state index contributed by atoms with van der Waals surface area (Å²) in [6.45, 7) is 6.18. The molecule has 1 atom stereocenters. The van der Waals surface area contributed by atoms with Crippen molar-refractivity contribution in [3.8, 4) is 5.75 Å².